The Morgan fingerprint density at radius 1 is 0.750 bits per heavy atom. The van der Waals surface area contributed by atoms with Crippen molar-refractivity contribution in [1.82, 2.24) is 30.4 Å². The first-order valence-electron chi connectivity index (χ1n) is 7.50. The monoisotopic (exact) mass is 569 g/mol. The Kier molecular flexibility index (Phi) is 7.17. The standard InChI is InChI=1S/C9H5F3N3.C8H5FN3.Pt/c10-9(11,12)8-5-7(14-15-8)6-3-1-2-4-13-6;9-8-5-7(11-12-8)6-3-1-2-4-10-6;/h1-5H;1-5H;/q2*-1;+2. The Morgan fingerprint density at radius 3 is 1.68 bits per heavy atom. The number of hydrogen-bond donors (Lipinski definition) is 0. The van der Waals surface area contributed by atoms with Crippen molar-refractivity contribution in [2.75, 3.05) is 0 Å². The Balaban J connectivity index is 0.000000198. The van der Waals surface area contributed by atoms with E-state index in [1.165, 1.54) is 12.3 Å². The zero-order valence-corrected chi connectivity index (χ0v) is 16.1. The van der Waals surface area contributed by atoms with Crippen molar-refractivity contribution in [3.63, 3.8) is 0 Å². The van der Waals surface area contributed by atoms with Gasteiger partial charge in [0.15, 0.2) is 5.95 Å². The summed E-state index contributed by atoms with van der Waals surface area (Å²) in [7, 11) is 0. The van der Waals surface area contributed by atoms with Gasteiger partial charge in [0.25, 0.3) is 0 Å². The van der Waals surface area contributed by atoms with Crippen LogP contribution in [-0.2, 0) is 27.2 Å². The average Bonchev–Trinajstić information content (AvgIpc) is 3.33. The largest absolute Gasteiger partial charge is 2.00 e. The van der Waals surface area contributed by atoms with Crippen LogP contribution in [0.1, 0.15) is 5.69 Å². The van der Waals surface area contributed by atoms with E-state index in [-0.39, 0.29) is 26.8 Å². The first-order valence-corrected chi connectivity index (χ1v) is 7.50. The molecule has 0 aliphatic heterocycles. The molecule has 0 aromatic carbocycles. The van der Waals surface area contributed by atoms with Gasteiger partial charge in [-0.25, -0.2) is 0 Å². The van der Waals surface area contributed by atoms with E-state index in [0.717, 1.165) is 6.07 Å². The molecule has 0 aliphatic rings. The van der Waals surface area contributed by atoms with Crippen LogP contribution < -0.4 is 10.2 Å². The zero-order chi connectivity index (χ0) is 19.3. The second kappa shape index (κ2) is 9.36. The number of alkyl halides is 3. The van der Waals surface area contributed by atoms with Crippen molar-refractivity contribution in [2.24, 2.45) is 0 Å². The molecule has 0 fully saturated rings. The molecule has 0 spiro atoms. The predicted molar refractivity (Wildman–Crippen MR) is 86.5 cm³/mol. The number of hydrogen-bond acceptors (Lipinski definition) is 4. The average molecular weight is 569 g/mol. The normalized spacial score (nSPS) is 10.6. The van der Waals surface area contributed by atoms with Crippen molar-refractivity contribution in [1.29, 1.82) is 0 Å². The van der Waals surface area contributed by atoms with E-state index >= 15 is 0 Å². The molecule has 28 heavy (non-hydrogen) atoms. The van der Waals surface area contributed by atoms with Crippen molar-refractivity contribution < 1.29 is 38.6 Å². The van der Waals surface area contributed by atoms with Gasteiger partial charge >= 0.3 is 27.2 Å². The molecule has 0 N–H and O–H groups in total. The Bertz CT molecular complexity index is 986. The first kappa shape index (κ1) is 21.4. The molecule has 0 atom stereocenters. The fourth-order valence-corrected chi connectivity index (χ4v) is 1.98. The molecule has 4 rings (SSSR count). The van der Waals surface area contributed by atoms with Gasteiger partial charge in [-0.15, -0.1) is 0 Å². The summed E-state index contributed by atoms with van der Waals surface area (Å²) in [5, 5.41) is 13.3. The van der Waals surface area contributed by atoms with Crippen LogP contribution in [-0.4, -0.2) is 20.2 Å². The van der Waals surface area contributed by atoms with E-state index in [4.69, 9.17) is 0 Å². The van der Waals surface area contributed by atoms with Gasteiger partial charge in [0, 0.05) is 23.8 Å². The van der Waals surface area contributed by atoms with Crippen molar-refractivity contribution in [2.45, 2.75) is 6.18 Å². The van der Waals surface area contributed by atoms with E-state index in [2.05, 4.69) is 30.4 Å². The third-order valence-electron chi connectivity index (χ3n) is 3.19. The third-order valence-corrected chi connectivity index (χ3v) is 3.19. The van der Waals surface area contributed by atoms with Gasteiger partial charge in [0.2, 0.25) is 0 Å². The van der Waals surface area contributed by atoms with Crippen molar-refractivity contribution >= 4 is 0 Å². The summed E-state index contributed by atoms with van der Waals surface area (Å²) in [6.45, 7) is 0. The maximum atomic E-state index is 12.4. The zero-order valence-electron chi connectivity index (χ0n) is 13.8. The smallest absolute Gasteiger partial charge is 0.573 e. The van der Waals surface area contributed by atoms with Gasteiger partial charge in [-0.2, -0.15) is 17.6 Å². The third kappa shape index (κ3) is 5.56. The summed E-state index contributed by atoms with van der Waals surface area (Å²) in [5.74, 6) is -0.573. The van der Waals surface area contributed by atoms with Gasteiger partial charge in [-0.1, -0.05) is 23.5 Å². The van der Waals surface area contributed by atoms with E-state index < -0.39 is 17.8 Å². The van der Waals surface area contributed by atoms with Gasteiger partial charge < -0.3 is 20.4 Å². The second-order valence-corrected chi connectivity index (χ2v) is 5.09. The van der Waals surface area contributed by atoms with Gasteiger partial charge in [-0.3, -0.25) is 9.97 Å². The van der Waals surface area contributed by atoms with Gasteiger partial charge in [0.05, 0.1) is 0 Å². The van der Waals surface area contributed by atoms with Crippen LogP contribution in [0, 0.1) is 5.95 Å². The summed E-state index contributed by atoms with van der Waals surface area (Å²) in [6, 6.07) is 12.4. The van der Waals surface area contributed by atoms with Crippen LogP contribution in [0.25, 0.3) is 22.8 Å². The first-order chi connectivity index (χ1) is 12.9. The number of pyridine rings is 2. The summed E-state index contributed by atoms with van der Waals surface area (Å²) >= 11 is 0. The van der Waals surface area contributed by atoms with Crippen LogP contribution in [0.15, 0.2) is 60.9 Å². The molecule has 4 aromatic rings. The number of halogens is 4. The molecule has 0 bridgehead atoms. The van der Waals surface area contributed by atoms with Gasteiger partial charge in [0.1, 0.15) is 5.69 Å². The fraction of sp³-hybridized carbons (Fsp3) is 0.0588. The van der Waals surface area contributed by atoms with Crippen molar-refractivity contribution in [3.8, 4) is 22.8 Å². The topological polar surface area (TPSA) is 79.8 Å². The maximum Gasteiger partial charge on any atom is 2.00 e. The molecule has 0 saturated heterocycles. The predicted octanol–water partition coefficient (Wildman–Crippen LogP) is 3.36. The molecule has 0 saturated carbocycles. The van der Waals surface area contributed by atoms with E-state index in [0.29, 0.717) is 17.1 Å². The van der Waals surface area contributed by atoms with Gasteiger partial charge in [-0.05, 0) is 36.4 Å². The molecular weight excluding hydrogens is 559 g/mol. The second-order valence-electron chi connectivity index (χ2n) is 5.09. The van der Waals surface area contributed by atoms with E-state index in [1.54, 1.807) is 36.5 Å². The van der Waals surface area contributed by atoms with Crippen LogP contribution >= 0.6 is 0 Å². The summed E-state index contributed by atoms with van der Waals surface area (Å²) in [6.07, 6.45) is -1.35. The van der Waals surface area contributed by atoms with Crippen molar-refractivity contribution in [3.05, 3.63) is 72.6 Å². The molecular formula is C17H10F4N6Pt. The number of nitrogens with zero attached hydrogens (tertiary/aromatic N) is 6. The Labute approximate surface area is 170 Å². The Morgan fingerprint density at radius 2 is 1.29 bits per heavy atom. The molecule has 0 aliphatic carbocycles. The summed E-state index contributed by atoms with van der Waals surface area (Å²) in [4.78, 5) is 7.87. The molecule has 4 heterocycles. The van der Waals surface area contributed by atoms with Crippen LogP contribution in [0.5, 0.6) is 0 Å². The maximum absolute atomic E-state index is 12.4. The molecule has 0 amide bonds. The van der Waals surface area contributed by atoms with Crippen LogP contribution in [0.2, 0.25) is 0 Å². The quantitative estimate of drug-likeness (QED) is 0.345. The molecule has 4 aromatic heterocycles. The number of rotatable bonds is 2. The summed E-state index contributed by atoms with van der Waals surface area (Å²) < 4.78 is 49.0. The minimum atomic E-state index is -4.46. The van der Waals surface area contributed by atoms with E-state index in [1.807, 2.05) is 6.07 Å². The Hall–Kier alpha value is -2.87. The van der Waals surface area contributed by atoms with E-state index in [9.17, 15) is 17.6 Å². The van der Waals surface area contributed by atoms with Crippen LogP contribution in [0.4, 0.5) is 17.6 Å². The summed E-state index contributed by atoms with van der Waals surface area (Å²) in [5.41, 5.74) is 0.605. The number of aromatic nitrogens is 6. The van der Waals surface area contributed by atoms with Crippen LogP contribution in [0.3, 0.4) is 0 Å². The minimum Gasteiger partial charge on any atom is -0.573 e. The molecule has 11 heteroatoms. The molecule has 146 valence electrons. The fourth-order valence-electron chi connectivity index (χ4n) is 1.98. The molecule has 6 nitrogen and oxygen atoms in total. The molecule has 0 radical (unpaired) electrons. The minimum absolute atomic E-state index is 0. The SMILES string of the molecule is FC(F)(F)c1cc(-c2ccccn2)[n-]n1.Fc1cc(-c2ccccn2)[n-]n1.[Pt+2]. The molecule has 0 unspecified atom stereocenters.